The molecule has 2 atom stereocenters. The van der Waals surface area contributed by atoms with E-state index < -0.39 is 19.9 Å². The van der Waals surface area contributed by atoms with Crippen LogP contribution >= 0.6 is 7.82 Å². The van der Waals surface area contributed by atoms with Gasteiger partial charge in [-0.1, -0.05) is 135 Å². The van der Waals surface area contributed by atoms with Crippen molar-refractivity contribution in [3.8, 4) is 0 Å². The summed E-state index contributed by atoms with van der Waals surface area (Å²) in [6.45, 7) is 4.37. The highest BCUT2D eigenvalue weighted by Gasteiger charge is 2.25. The van der Waals surface area contributed by atoms with E-state index in [-0.39, 0.29) is 32.8 Å². The van der Waals surface area contributed by atoms with Gasteiger partial charge < -0.3 is 20.1 Å². The van der Waals surface area contributed by atoms with Gasteiger partial charge in [0, 0.05) is 19.6 Å². The molecule has 0 rings (SSSR count). The van der Waals surface area contributed by atoms with Crippen molar-refractivity contribution in [3.05, 3.63) is 122 Å². The zero-order valence-electron chi connectivity index (χ0n) is 32.0. The monoisotopic (exact) mass is 741 g/mol. The first-order valence-electron chi connectivity index (χ1n) is 19.0. The average molecular weight is 742 g/mol. The highest BCUT2D eigenvalue weighted by atomic mass is 31.2. The summed E-state index contributed by atoms with van der Waals surface area (Å²) in [7, 11) is -4.32. The van der Waals surface area contributed by atoms with E-state index in [1.165, 1.54) is 0 Å². The lowest BCUT2D eigenvalue weighted by molar-refractivity contribution is -0.154. The molecule has 0 saturated carbocycles. The van der Waals surface area contributed by atoms with E-state index in [1.54, 1.807) is 0 Å². The van der Waals surface area contributed by atoms with Gasteiger partial charge in [-0.15, -0.1) is 0 Å². The van der Waals surface area contributed by atoms with Crippen molar-refractivity contribution in [2.24, 2.45) is 5.73 Å². The second kappa shape index (κ2) is 39.1. The normalized spacial score (nSPS) is 14.9. The maximum Gasteiger partial charge on any atom is 0.472 e. The third-order valence-electron chi connectivity index (χ3n) is 6.89. The fraction of sp³-hybridized carbons (Fsp3) is 0.512. The van der Waals surface area contributed by atoms with Gasteiger partial charge in [0.25, 0.3) is 0 Å². The molecular formula is C43H68NO7P. The van der Waals surface area contributed by atoms with Crippen LogP contribution in [0.1, 0.15) is 104 Å². The van der Waals surface area contributed by atoms with Crippen molar-refractivity contribution in [1.82, 2.24) is 0 Å². The lowest BCUT2D eigenvalue weighted by Crippen LogP contribution is -2.28. The second-order valence-corrected chi connectivity index (χ2v) is 13.1. The Morgan fingerprint density at radius 2 is 0.981 bits per heavy atom. The van der Waals surface area contributed by atoms with Crippen LogP contribution in [0.5, 0.6) is 0 Å². The first-order chi connectivity index (χ1) is 25.4. The van der Waals surface area contributed by atoms with Crippen molar-refractivity contribution in [2.75, 3.05) is 33.0 Å². The van der Waals surface area contributed by atoms with E-state index in [0.717, 1.165) is 77.0 Å². The van der Waals surface area contributed by atoms with Crippen LogP contribution in [0.4, 0.5) is 0 Å². The maximum absolute atomic E-state index is 12.5. The van der Waals surface area contributed by atoms with E-state index >= 15 is 0 Å². The maximum atomic E-state index is 12.5. The molecule has 0 aromatic carbocycles. The largest absolute Gasteiger partial charge is 0.472 e. The summed E-state index contributed by atoms with van der Waals surface area (Å²) in [5, 5.41) is 0. The molecule has 0 saturated heterocycles. The number of esters is 1. The van der Waals surface area contributed by atoms with Crippen molar-refractivity contribution in [1.29, 1.82) is 0 Å². The van der Waals surface area contributed by atoms with E-state index in [0.29, 0.717) is 13.0 Å². The minimum absolute atomic E-state index is 0.0380. The summed E-state index contributed by atoms with van der Waals surface area (Å²) in [5.74, 6) is -0.437. The number of allylic oxidation sites excluding steroid dienone is 20. The molecule has 0 aliphatic carbocycles. The molecule has 3 N–H and O–H groups in total. The molecule has 0 spiro atoms. The number of carbonyl (C=O) groups excluding carboxylic acids is 1. The molecule has 0 heterocycles. The summed E-state index contributed by atoms with van der Waals surface area (Å²) in [4.78, 5) is 22.3. The lowest BCUT2D eigenvalue weighted by atomic mass is 10.2. The fourth-order valence-corrected chi connectivity index (χ4v) is 4.97. The number of phosphoric acid groups is 1. The molecular weight excluding hydrogens is 673 g/mol. The van der Waals surface area contributed by atoms with Gasteiger partial charge in [-0.2, -0.15) is 0 Å². The Morgan fingerprint density at radius 3 is 1.40 bits per heavy atom. The summed E-state index contributed by atoms with van der Waals surface area (Å²) >= 11 is 0. The molecule has 52 heavy (non-hydrogen) atoms. The van der Waals surface area contributed by atoms with Gasteiger partial charge in [0.15, 0.2) is 0 Å². The number of phosphoric ester groups is 1. The number of carbonyl (C=O) groups is 1. The number of nitrogens with two attached hydrogens (primary N) is 1. The molecule has 8 nitrogen and oxygen atoms in total. The summed E-state index contributed by atoms with van der Waals surface area (Å²) in [6, 6.07) is 0. The molecule has 0 aromatic rings. The van der Waals surface area contributed by atoms with Gasteiger partial charge in [0.1, 0.15) is 6.10 Å². The third kappa shape index (κ3) is 38.1. The number of hydrogen-bond donors (Lipinski definition) is 2. The van der Waals surface area contributed by atoms with Gasteiger partial charge in [-0.05, 0) is 83.5 Å². The van der Waals surface area contributed by atoms with Crippen molar-refractivity contribution in [3.63, 3.8) is 0 Å². The summed E-state index contributed by atoms with van der Waals surface area (Å²) in [5.41, 5.74) is 5.34. The number of rotatable bonds is 34. The zero-order chi connectivity index (χ0) is 38.1. The van der Waals surface area contributed by atoms with Crippen LogP contribution < -0.4 is 5.73 Å². The Balaban J connectivity index is 4.33. The standard InChI is InChI=1S/C43H68NO7P/c1-3-5-7-9-11-13-15-17-18-19-20-21-22-23-25-27-29-31-33-35-38-48-40-42(41-50-52(46,47)49-39-37-44)51-43(45)36-34-32-30-28-26-24-16-14-12-10-8-6-4-2/h5-8,11-14,17-18,20-21,23-26,29-32,42H,3-4,9-10,15-16,19,22,27-28,33-41,44H2,1-2H3,(H,46,47)/b7-5-,8-6-,13-11-,14-12-,18-17-,21-20-,25-23-,26-24-,31-29-,32-30-. The number of unbranched alkanes of at least 4 members (excludes halogenated alkanes) is 1. The predicted octanol–water partition coefficient (Wildman–Crippen LogP) is 11.1. The van der Waals surface area contributed by atoms with Crippen molar-refractivity contribution >= 4 is 13.8 Å². The Bertz CT molecular complexity index is 1190. The predicted molar refractivity (Wildman–Crippen MR) is 219 cm³/mol. The molecule has 9 heteroatoms. The van der Waals surface area contributed by atoms with E-state index in [9.17, 15) is 14.3 Å². The molecule has 0 aromatic heterocycles. The van der Waals surface area contributed by atoms with E-state index in [4.69, 9.17) is 24.3 Å². The minimum atomic E-state index is -4.32. The molecule has 0 fully saturated rings. The quantitative estimate of drug-likeness (QED) is 0.0290. The fourth-order valence-electron chi connectivity index (χ4n) is 4.20. The van der Waals surface area contributed by atoms with Crippen molar-refractivity contribution < 1.29 is 32.8 Å². The average Bonchev–Trinajstić information content (AvgIpc) is 3.13. The second-order valence-electron chi connectivity index (χ2n) is 11.7. The van der Waals surface area contributed by atoms with Gasteiger partial charge in [-0.3, -0.25) is 13.8 Å². The Hall–Kier alpha value is -3.10. The smallest absolute Gasteiger partial charge is 0.457 e. The highest BCUT2D eigenvalue weighted by Crippen LogP contribution is 2.43. The van der Waals surface area contributed by atoms with Crippen LogP contribution in [0.25, 0.3) is 0 Å². The molecule has 0 aliphatic heterocycles. The van der Waals surface area contributed by atoms with Crippen LogP contribution in [-0.4, -0.2) is 49.9 Å². The number of hydrogen-bond acceptors (Lipinski definition) is 7. The Morgan fingerprint density at radius 1 is 0.577 bits per heavy atom. The Labute approximate surface area is 315 Å². The Kier molecular flexibility index (Phi) is 36.8. The van der Waals surface area contributed by atoms with Gasteiger partial charge in [0.05, 0.1) is 19.8 Å². The van der Waals surface area contributed by atoms with Crippen LogP contribution in [0.15, 0.2) is 122 Å². The van der Waals surface area contributed by atoms with E-state index in [1.807, 2.05) is 12.2 Å². The van der Waals surface area contributed by atoms with Gasteiger partial charge in [0.2, 0.25) is 0 Å². The molecule has 2 unspecified atom stereocenters. The SMILES string of the molecule is CC/C=C\C/C=C\C/C=C\C/C=C\C/C=C\C/C=C\CCCOCC(COP(=O)(O)OCCN)OC(=O)CC/C=C\C/C=C\C/C=C\C/C=C\CC. The van der Waals surface area contributed by atoms with Gasteiger partial charge >= 0.3 is 13.8 Å². The molecule has 292 valence electrons. The van der Waals surface area contributed by atoms with E-state index in [2.05, 4.69) is 123 Å². The van der Waals surface area contributed by atoms with Crippen LogP contribution in [0.2, 0.25) is 0 Å². The highest BCUT2D eigenvalue weighted by molar-refractivity contribution is 7.47. The zero-order valence-corrected chi connectivity index (χ0v) is 32.9. The molecule has 0 bridgehead atoms. The number of ether oxygens (including phenoxy) is 2. The van der Waals surface area contributed by atoms with Crippen LogP contribution in [0, 0.1) is 0 Å². The first kappa shape index (κ1) is 48.9. The first-order valence-corrected chi connectivity index (χ1v) is 20.5. The van der Waals surface area contributed by atoms with Crippen LogP contribution in [-0.2, 0) is 27.9 Å². The summed E-state index contributed by atoms with van der Waals surface area (Å²) in [6.07, 6.45) is 53.9. The molecule has 0 amide bonds. The topological polar surface area (TPSA) is 117 Å². The van der Waals surface area contributed by atoms with Crippen molar-refractivity contribution in [2.45, 2.75) is 110 Å². The summed E-state index contributed by atoms with van der Waals surface area (Å²) < 4.78 is 33.1. The van der Waals surface area contributed by atoms with Crippen LogP contribution in [0.3, 0.4) is 0 Å². The molecule has 0 aliphatic rings. The molecule has 0 radical (unpaired) electrons. The third-order valence-corrected chi connectivity index (χ3v) is 7.87. The lowest BCUT2D eigenvalue weighted by Gasteiger charge is -2.19. The minimum Gasteiger partial charge on any atom is -0.457 e. The van der Waals surface area contributed by atoms with Gasteiger partial charge in [-0.25, -0.2) is 4.57 Å².